The quantitative estimate of drug-likeness (QED) is 0.865. The summed E-state index contributed by atoms with van der Waals surface area (Å²) in [7, 11) is 2.84. The summed E-state index contributed by atoms with van der Waals surface area (Å²) in [5, 5.41) is 9.76. The summed E-state index contributed by atoms with van der Waals surface area (Å²) in [6.45, 7) is 0. The Morgan fingerprint density at radius 3 is 2.26 bits per heavy atom. The molecule has 3 N–H and O–H groups in total. The maximum Gasteiger partial charge on any atom is 0.403 e. The molecule has 1 aromatic rings. The van der Waals surface area contributed by atoms with Crippen molar-refractivity contribution in [3.8, 4) is 11.5 Å². The Kier molecular flexibility index (Phi) is 5.02. The van der Waals surface area contributed by atoms with Gasteiger partial charge in [-0.25, -0.2) is 0 Å². The molecule has 108 valence electrons. The summed E-state index contributed by atoms with van der Waals surface area (Å²) in [6, 6.07) is 2.33. The van der Waals surface area contributed by atoms with Gasteiger partial charge in [0.05, 0.1) is 20.3 Å². The van der Waals surface area contributed by atoms with Crippen molar-refractivity contribution in [2.75, 3.05) is 14.2 Å². The molecule has 0 heterocycles. The molecule has 0 fully saturated rings. The zero-order chi connectivity index (χ0) is 14.6. The molecule has 0 saturated carbocycles. The van der Waals surface area contributed by atoms with E-state index in [4.69, 9.17) is 15.2 Å². The molecule has 0 aliphatic rings. The minimum absolute atomic E-state index is 0.289. The fourth-order valence-electron chi connectivity index (χ4n) is 1.57. The van der Waals surface area contributed by atoms with E-state index in [2.05, 4.69) is 0 Å². The van der Waals surface area contributed by atoms with Gasteiger partial charge >= 0.3 is 6.18 Å². The number of aliphatic hydroxyl groups is 1. The van der Waals surface area contributed by atoms with E-state index in [9.17, 15) is 18.3 Å². The maximum atomic E-state index is 12.3. The highest BCUT2D eigenvalue weighted by atomic mass is 19.4. The van der Waals surface area contributed by atoms with Crippen LogP contribution in [0.3, 0.4) is 0 Å². The summed E-state index contributed by atoms with van der Waals surface area (Å²) in [5.41, 5.74) is 5.26. The molecule has 1 rings (SSSR count). The topological polar surface area (TPSA) is 64.7 Å². The van der Waals surface area contributed by atoms with E-state index >= 15 is 0 Å². The Bertz CT molecular complexity index is 423. The molecule has 0 amide bonds. The second-order valence-corrected chi connectivity index (χ2v) is 4.01. The van der Waals surface area contributed by atoms with Crippen LogP contribution in [0.5, 0.6) is 11.5 Å². The Morgan fingerprint density at radius 2 is 1.79 bits per heavy atom. The summed E-state index contributed by atoms with van der Waals surface area (Å²) < 4.78 is 46.9. The largest absolute Gasteiger partial charge is 0.493 e. The lowest BCUT2D eigenvalue weighted by atomic mass is 10.0. The molecular weight excluding hydrogens is 263 g/mol. The highest BCUT2D eigenvalue weighted by molar-refractivity contribution is 5.43. The van der Waals surface area contributed by atoms with Crippen molar-refractivity contribution in [3.05, 3.63) is 23.8 Å². The van der Waals surface area contributed by atoms with Crippen LogP contribution in [0.4, 0.5) is 13.2 Å². The summed E-state index contributed by atoms with van der Waals surface area (Å²) in [6.07, 6.45) is -6.47. The molecular formula is C12H16F3NO3. The summed E-state index contributed by atoms with van der Waals surface area (Å²) >= 11 is 0. The van der Waals surface area contributed by atoms with Gasteiger partial charge in [-0.1, -0.05) is 6.07 Å². The lowest BCUT2D eigenvalue weighted by molar-refractivity contribution is -0.153. The van der Waals surface area contributed by atoms with Gasteiger partial charge in [0.25, 0.3) is 0 Å². The van der Waals surface area contributed by atoms with Gasteiger partial charge in [-0.3, -0.25) is 0 Å². The number of benzene rings is 1. The van der Waals surface area contributed by atoms with Crippen molar-refractivity contribution in [2.24, 2.45) is 5.73 Å². The van der Waals surface area contributed by atoms with Crippen LogP contribution in [0.25, 0.3) is 0 Å². The lowest BCUT2D eigenvalue weighted by Gasteiger charge is -2.20. The SMILES string of the molecule is COc1ccc([C@@H](O)C[C@H](N)C(F)(F)F)cc1OC. The number of hydrogen-bond acceptors (Lipinski definition) is 4. The first-order chi connectivity index (χ1) is 8.79. The van der Waals surface area contributed by atoms with E-state index < -0.39 is 24.7 Å². The molecule has 0 radical (unpaired) electrons. The minimum Gasteiger partial charge on any atom is -0.493 e. The first-order valence-electron chi connectivity index (χ1n) is 5.52. The van der Waals surface area contributed by atoms with E-state index in [1.54, 1.807) is 0 Å². The number of hydrogen-bond donors (Lipinski definition) is 2. The van der Waals surface area contributed by atoms with Gasteiger partial charge in [0, 0.05) is 6.42 Å². The fourth-order valence-corrected chi connectivity index (χ4v) is 1.57. The van der Waals surface area contributed by atoms with Crippen LogP contribution in [0, 0.1) is 0 Å². The lowest BCUT2D eigenvalue weighted by Crippen LogP contribution is -2.38. The molecule has 4 nitrogen and oxygen atoms in total. The smallest absolute Gasteiger partial charge is 0.403 e. The molecule has 0 aliphatic carbocycles. The van der Waals surface area contributed by atoms with Gasteiger partial charge in [0.1, 0.15) is 6.04 Å². The standard InChI is InChI=1S/C12H16F3NO3/c1-18-9-4-3-7(5-10(9)19-2)8(17)6-11(16)12(13,14)15/h3-5,8,11,17H,6,16H2,1-2H3/t8-,11-/m0/s1. The van der Waals surface area contributed by atoms with Crippen molar-refractivity contribution in [2.45, 2.75) is 24.7 Å². The Labute approximate surface area is 108 Å². The van der Waals surface area contributed by atoms with E-state index in [1.807, 2.05) is 0 Å². The van der Waals surface area contributed by atoms with Gasteiger partial charge in [-0.05, 0) is 17.7 Å². The normalized spacial score (nSPS) is 14.9. The van der Waals surface area contributed by atoms with Gasteiger partial charge in [0.15, 0.2) is 11.5 Å². The van der Waals surface area contributed by atoms with Gasteiger partial charge < -0.3 is 20.3 Å². The van der Waals surface area contributed by atoms with Gasteiger partial charge in [-0.15, -0.1) is 0 Å². The number of nitrogens with two attached hydrogens (primary N) is 1. The van der Waals surface area contributed by atoms with Crippen LogP contribution in [0.1, 0.15) is 18.1 Å². The van der Waals surface area contributed by atoms with Crippen molar-refractivity contribution < 1.29 is 27.8 Å². The highest BCUT2D eigenvalue weighted by Crippen LogP contribution is 2.32. The summed E-state index contributed by atoms with van der Waals surface area (Å²) in [5.74, 6) is 0.762. The Balaban J connectivity index is 2.85. The molecule has 0 aliphatic heterocycles. The summed E-state index contributed by atoms with van der Waals surface area (Å²) in [4.78, 5) is 0. The van der Waals surface area contributed by atoms with Crippen LogP contribution in [-0.4, -0.2) is 31.5 Å². The molecule has 0 unspecified atom stereocenters. The van der Waals surface area contributed by atoms with E-state index in [1.165, 1.54) is 32.4 Å². The molecule has 0 bridgehead atoms. The number of rotatable bonds is 5. The number of ether oxygens (including phenoxy) is 2. The number of alkyl halides is 3. The Morgan fingerprint density at radius 1 is 1.21 bits per heavy atom. The molecule has 0 saturated heterocycles. The molecule has 0 spiro atoms. The van der Waals surface area contributed by atoms with Crippen LogP contribution in [0.15, 0.2) is 18.2 Å². The average Bonchev–Trinajstić information content (AvgIpc) is 2.36. The number of methoxy groups -OCH3 is 2. The van der Waals surface area contributed by atoms with Gasteiger partial charge in [0.2, 0.25) is 0 Å². The van der Waals surface area contributed by atoms with Crippen molar-refractivity contribution in [3.63, 3.8) is 0 Å². The van der Waals surface area contributed by atoms with E-state index in [0.29, 0.717) is 11.5 Å². The molecule has 0 aromatic heterocycles. The van der Waals surface area contributed by atoms with E-state index in [0.717, 1.165) is 0 Å². The van der Waals surface area contributed by atoms with Crippen LogP contribution >= 0.6 is 0 Å². The first-order valence-corrected chi connectivity index (χ1v) is 5.52. The fraction of sp³-hybridized carbons (Fsp3) is 0.500. The predicted octanol–water partition coefficient (Wildman–Crippen LogP) is 2.02. The van der Waals surface area contributed by atoms with Crippen LogP contribution < -0.4 is 15.2 Å². The zero-order valence-electron chi connectivity index (χ0n) is 10.6. The first kappa shape index (κ1) is 15.6. The Hall–Kier alpha value is -1.47. The van der Waals surface area contributed by atoms with Gasteiger partial charge in [-0.2, -0.15) is 13.2 Å². The second kappa shape index (κ2) is 6.12. The predicted molar refractivity (Wildman–Crippen MR) is 63.2 cm³/mol. The van der Waals surface area contributed by atoms with E-state index in [-0.39, 0.29) is 5.56 Å². The monoisotopic (exact) mass is 279 g/mol. The number of halogens is 3. The third-order valence-corrected chi connectivity index (χ3v) is 2.69. The van der Waals surface area contributed by atoms with Crippen molar-refractivity contribution >= 4 is 0 Å². The second-order valence-electron chi connectivity index (χ2n) is 4.01. The van der Waals surface area contributed by atoms with Crippen molar-refractivity contribution in [1.29, 1.82) is 0 Å². The molecule has 19 heavy (non-hydrogen) atoms. The maximum absolute atomic E-state index is 12.3. The minimum atomic E-state index is -4.53. The third kappa shape index (κ3) is 4.00. The molecule has 7 heteroatoms. The number of aliphatic hydroxyl groups excluding tert-OH is 1. The third-order valence-electron chi connectivity index (χ3n) is 2.69. The zero-order valence-corrected chi connectivity index (χ0v) is 10.6. The van der Waals surface area contributed by atoms with Crippen LogP contribution in [0.2, 0.25) is 0 Å². The molecule has 2 atom stereocenters. The average molecular weight is 279 g/mol. The molecule has 1 aromatic carbocycles. The van der Waals surface area contributed by atoms with Crippen LogP contribution in [-0.2, 0) is 0 Å². The highest BCUT2D eigenvalue weighted by Gasteiger charge is 2.38. The van der Waals surface area contributed by atoms with Crippen molar-refractivity contribution in [1.82, 2.24) is 0 Å².